The van der Waals surface area contributed by atoms with Gasteiger partial charge in [0, 0.05) is 6.42 Å². The van der Waals surface area contributed by atoms with E-state index in [0.29, 0.717) is 6.61 Å². The molecular formula is C7H9O2. The van der Waals surface area contributed by atoms with Crippen molar-refractivity contribution < 1.29 is 9.53 Å². The first-order valence-electron chi connectivity index (χ1n) is 3.03. The molecule has 0 saturated carbocycles. The average molecular weight is 125 g/mol. The number of allylic oxidation sites excluding steroid dienone is 1. The van der Waals surface area contributed by atoms with Crippen LogP contribution in [0.25, 0.3) is 0 Å². The summed E-state index contributed by atoms with van der Waals surface area (Å²) >= 11 is 0. The Hall–Kier alpha value is -0.790. The fourth-order valence-corrected chi connectivity index (χ4v) is 0.618. The number of rotatable bonds is 2. The van der Waals surface area contributed by atoms with Gasteiger partial charge in [-0.2, -0.15) is 0 Å². The van der Waals surface area contributed by atoms with Crippen LogP contribution in [0.4, 0.5) is 0 Å². The number of hydrogen-bond donors (Lipinski definition) is 0. The fraction of sp³-hybridized carbons (Fsp3) is 0.429. The molecule has 2 nitrogen and oxygen atoms in total. The Morgan fingerprint density at radius 3 is 2.78 bits per heavy atom. The van der Waals surface area contributed by atoms with Crippen molar-refractivity contribution in [2.75, 3.05) is 6.61 Å². The lowest BCUT2D eigenvalue weighted by Crippen LogP contribution is -2.19. The second kappa shape index (κ2) is 2.67. The molecule has 0 aromatic carbocycles. The molecule has 1 aliphatic rings. The third-order valence-corrected chi connectivity index (χ3v) is 1.20. The molecule has 0 amide bonds. The van der Waals surface area contributed by atoms with Gasteiger partial charge in [0.05, 0.1) is 12.5 Å². The summed E-state index contributed by atoms with van der Waals surface area (Å²) in [7, 11) is 0. The fourth-order valence-electron chi connectivity index (χ4n) is 0.618. The molecule has 2 heteroatoms. The summed E-state index contributed by atoms with van der Waals surface area (Å²) in [5, 5.41) is 0. The molecule has 0 saturated heterocycles. The van der Waals surface area contributed by atoms with Crippen LogP contribution in [0.3, 0.4) is 0 Å². The first kappa shape index (κ1) is 6.33. The zero-order valence-corrected chi connectivity index (χ0v) is 5.33. The molecule has 0 aromatic rings. The maximum atomic E-state index is 10.7. The Morgan fingerprint density at radius 2 is 2.44 bits per heavy atom. The van der Waals surface area contributed by atoms with Gasteiger partial charge >= 0.3 is 5.97 Å². The van der Waals surface area contributed by atoms with Crippen LogP contribution in [-0.4, -0.2) is 12.6 Å². The minimum absolute atomic E-state index is 0.0649. The number of carbonyl (C=O) groups excluding carboxylic acids is 1. The Labute approximate surface area is 54.5 Å². The van der Waals surface area contributed by atoms with Crippen LogP contribution in [0.15, 0.2) is 12.2 Å². The van der Waals surface area contributed by atoms with Gasteiger partial charge in [0.2, 0.25) is 0 Å². The molecule has 0 N–H and O–H groups in total. The highest BCUT2D eigenvalue weighted by atomic mass is 16.5. The maximum absolute atomic E-state index is 10.7. The topological polar surface area (TPSA) is 26.3 Å². The predicted octanol–water partition coefficient (Wildman–Crippen LogP) is 0.940. The van der Waals surface area contributed by atoms with Crippen molar-refractivity contribution >= 4 is 5.97 Å². The number of carbonyl (C=O) groups is 1. The van der Waals surface area contributed by atoms with E-state index in [1.165, 1.54) is 0 Å². The zero-order valence-electron chi connectivity index (χ0n) is 5.33. The summed E-state index contributed by atoms with van der Waals surface area (Å²) in [5.41, 5.74) is 0. The van der Waals surface area contributed by atoms with Gasteiger partial charge in [0.1, 0.15) is 0 Å². The van der Waals surface area contributed by atoms with E-state index in [4.69, 9.17) is 4.74 Å². The first-order valence-corrected chi connectivity index (χ1v) is 3.03. The maximum Gasteiger partial charge on any atom is 0.313 e. The van der Waals surface area contributed by atoms with Gasteiger partial charge < -0.3 is 4.74 Å². The summed E-state index contributed by atoms with van der Waals surface area (Å²) in [6.07, 6.45) is 5.48. The third kappa shape index (κ3) is 1.31. The van der Waals surface area contributed by atoms with Crippen LogP contribution in [0.5, 0.6) is 0 Å². The predicted molar refractivity (Wildman–Crippen MR) is 33.6 cm³/mol. The van der Waals surface area contributed by atoms with Crippen LogP contribution < -0.4 is 0 Å². The molecule has 1 radical (unpaired) electrons. The number of hydrogen-bond acceptors (Lipinski definition) is 2. The van der Waals surface area contributed by atoms with Crippen molar-refractivity contribution in [2.45, 2.75) is 6.92 Å². The Morgan fingerprint density at radius 1 is 1.78 bits per heavy atom. The minimum Gasteiger partial charge on any atom is -0.466 e. The number of esters is 1. The Bertz CT molecular complexity index is 138. The van der Waals surface area contributed by atoms with Gasteiger partial charge in [0.15, 0.2) is 0 Å². The smallest absolute Gasteiger partial charge is 0.313 e. The molecule has 1 unspecified atom stereocenters. The average Bonchev–Trinajstić information content (AvgIpc) is 1.60. The Balaban J connectivity index is 2.26. The lowest BCUT2D eigenvalue weighted by atomic mass is 9.96. The van der Waals surface area contributed by atoms with E-state index >= 15 is 0 Å². The van der Waals surface area contributed by atoms with E-state index in [1.54, 1.807) is 6.92 Å². The molecule has 49 valence electrons. The molecule has 0 bridgehead atoms. The molecular weight excluding hydrogens is 116 g/mol. The van der Waals surface area contributed by atoms with Crippen molar-refractivity contribution in [2.24, 2.45) is 5.92 Å². The van der Waals surface area contributed by atoms with Gasteiger partial charge in [-0.1, -0.05) is 12.2 Å². The molecule has 9 heavy (non-hydrogen) atoms. The van der Waals surface area contributed by atoms with Gasteiger partial charge in [-0.15, -0.1) is 0 Å². The molecule has 0 fully saturated rings. The van der Waals surface area contributed by atoms with Crippen molar-refractivity contribution in [3.05, 3.63) is 18.6 Å². The molecule has 1 aliphatic carbocycles. The summed E-state index contributed by atoms with van der Waals surface area (Å²) < 4.78 is 4.72. The van der Waals surface area contributed by atoms with Gasteiger partial charge in [-0.05, 0) is 6.92 Å². The van der Waals surface area contributed by atoms with E-state index in [0.717, 1.165) is 0 Å². The second-order valence-electron chi connectivity index (χ2n) is 1.86. The molecule has 0 heterocycles. The summed E-state index contributed by atoms with van der Waals surface area (Å²) in [4.78, 5) is 10.7. The summed E-state index contributed by atoms with van der Waals surface area (Å²) in [5.74, 6) is -0.204. The van der Waals surface area contributed by atoms with Crippen molar-refractivity contribution in [3.8, 4) is 0 Å². The van der Waals surface area contributed by atoms with E-state index in [2.05, 4.69) is 0 Å². The van der Waals surface area contributed by atoms with E-state index < -0.39 is 0 Å². The molecule has 0 aliphatic heterocycles. The van der Waals surface area contributed by atoms with Crippen LogP contribution in [-0.2, 0) is 9.53 Å². The third-order valence-electron chi connectivity index (χ3n) is 1.20. The zero-order chi connectivity index (χ0) is 6.69. The first-order chi connectivity index (χ1) is 4.34. The number of ether oxygens (including phenoxy) is 1. The van der Waals surface area contributed by atoms with Crippen LogP contribution in [0.2, 0.25) is 0 Å². The van der Waals surface area contributed by atoms with E-state index in [-0.39, 0.29) is 11.9 Å². The molecule has 1 rings (SSSR count). The lowest BCUT2D eigenvalue weighted by molar-refractivity contribution is -0.145. The van der Waals surface area contributed by atoms with Crippen molar-refractivity contribution in [1.82, 2.24) is 0 Å². The highest BCUT2D eigenvalue weighted by Crippen LogP contribution is 2.16. The largest absolute Gasteiger partial charge is 0.466 e. The van der Waals surface area contributed by atoms with Crippen LogP contribution >= 0.6 is 0 Å². The van der Waals surface area contributed by atoms with Gasteiger partial charge in [0.25, 0.3) is 0 Å². The van der Waals surface area contributed by atoms with Crippen molar-refractivity contribution in [3.63, 3.8) is 0 Å². The normalized spacial score (nSPS) is 23.0. The van der Waals surface area contributed by atoms with E-state index in [1.807, 2.05) is 18.6 Å². The van der Waals surface area contributed by atoms with Crippen molar-refractivity contribution in [1.29, 1.82) is 0 Å². The molecule has 0 aromatic heterocycles. The van der Waals surface area contributed by atoms with Crippen LogP contribution in [0.1, 0.15) is 6.92 Å². The van der Waals surface area contributed by atoms with Crippen LogP contribution in [0, 0.1) is 12.3 Å². The highest BCUT2D eigenvalue weighted by Gasteiger charge is 2.20. The van der Waals surface area contributed by atoms with E-state index in [9.17, 15) is 4.79 Å². The SMILES string of the molecule is CCOC(=O)C1[CH]C=C1. The Kier molecular flexibility index (Phi) is 1.88. The quantitative estimate of drug-likeness (QED) is 0.513. The highest BCUT2D eigenvalue weighted by molar-refractivity contribution is 5.78. The standard InChI is InChI=1S/C7H9O2/c1-2-9-7(8)6-4-3-5-6/h3-6H,2H2,1H3. The second-order valence-corrected chi connectivity index (χ2v) is 1.86. The van der Waals surface area contributed by atoms with Gasteiger partial charge in [-0.3, -0.25) is 4.79 Å². The monoisotopic (exact) mass is 125 g/mol. The van der Waals surface area contributed by atoms with Gasteiger partial charge in [-0.25, -0.2) is 0 Å². The minimum atomic E-state index is -0.139. The summed E-state index contributed by atoms with van der Waals surface area (Å²) in [6.45, 7) is 2.28. The lowest BCUT2D eigenvalue weighted by Gasteiger charge is -2.14. The molecule has 0 spiro atoms. The summed E-state index contributed by atoms with van der Waals surface area (Å²) in [6, 6.07) is 0. The molecule has 1 atom stereocenters.